The average molecular weight is 375 g/mol. The van der Waals surface area contributed by atoms with E-state index in [4.69, 9.17) is 0 Å². The third kappa shape index (κ3) is 4.91. The van der Waals surface area contributed by atoms with Gasteiger partial charge in [-0.25, -0.2) is 0 Å². The molecule has 2 aromatic rings. The molecule has 0 spiro atoms. The van der Waals surface area contributed by atoms with Gasteiger partial charge in [-0.2, -0.15) is 0 Å². The van der Waals surface area contributed by atoms with Crippen LogP contribution in [0.4, 0.5) is 0 Å². The molecule has 1 amide bonds. The molecule has 4 heteroatoms. The molecule has 0 aliphatic rings. The molecule has 0 aliphatic carbocycles. The second kappa shape index (κ2) is 8.85. The maximum Gasteiger partial charge on any atom is 0.242 e. The fourth-order valence-electron chi connectivity index (χ4n) is 2.68. The van der Waals surface area contributed by atoms with Crippen molar-refractivity contribution in [3.05, 3.63) is 70.2 Å². The number of nitrogens with one attached hydrogen (secondary N) is 1. The number of hydrogen-bond acceptors (Lipinski definition) is 2. The Morgan fingerprint density at radius 3 is 2.39 bits per heavy atom. The number of carbonyl (C=O) groups is 1. The normalized spacial score (nSPS) is 12.2. The Labute approximate surface area is 146 Å². The van der Waals surface area contributed by atoms with Crippen molar-refractivity contribution >= 4 is 21.8 Å². The fraction of sp³-hybridized carbons (Fsp3) is 0.316. The minimum absolute atomic E-state index is 0.0416. The molecule has 0 saturated heterocycles. The Balaban J connectivity index is 2.13. The number of rotatable bonds is 7. The summed E-state index contributed by atoms with van der Waals surface area (Å²) >= 11 is 3.46. The molecule has 1 unspecified atom stereocenters. The van der Waals surface area contributed by atoms with Gasteiger partial charge in [-0.1, -0.05) is 72.2 Å². The van der Waals surface area contributed by atoms with E-state index in [0.29, 0.717) is 6.54 Å². The van der Waals surface area contributed by atoms with Gasteiger partial charge in [0.25, 0.3) is 0 Å². The lowest BCUT2D eigenvalue weighted by atomic mass is 10.0. The Hall–Kier alpha value is -1.65. The Kier molecular flexibility index (Phi) is 6.81. The smallest absolute Gasteiger partial charge is 0.242 e. The van der Waals surface area contributed by atoms with E-state index in [1.807, 2.05) is 54.6 Å². The highest BCUT2D eigenvalue weighted by atomic mass is 79.9. The van der Waals surface area contributed by atoms with Crippen molar-refractivity contribution in [3.63, 3.8) is 0 Å². The molecule has 2 aromatic carbocycles. The first-order valence-electron chi connectivity index (χ1n) is 7.96. The summed E-state index contributed by atoms with van der Waals surface area (Å²) in [4.78, 5) is 15.0. The summed E-state index contributed by atoms with van der Waals surface area (Å²) in [6.45, 7) is 6.37. The highest BCUT2D eigenvalue weighted by molar-refractivity contribution is 9.10. The van der Waals surface area contributed by atoms with Crippen LogP contribution in [0.3, 0.4) is 0 Å². The van der Waals surface area contributed by atoms with Crippen LogP contribution in [0.25, 0.3) is 0 Å². The highest BCUT2D eigenvalue weighted by Gasteiger charge is 2.25. The van der Waals surface area contributed by atoms with Gasteiger partial charge in [-0.05, 0) is 36.3 Å². The quantitative estimate of drug-likeness (QED) is 0.789. The molecule has 3 nitrogen and oxygen atoms in total. The number of carbonyl (C=O) groups excluding carboxylic acids is 1. The monoisotopic (exact) mass is 374 g/mol. The highest BCUT2D eigenvalue weighted by Crippen LogP contribution is 2.21. The van der Waals surface area contributed by atoms with Crippen molar-refractivity contribution in [3.8, 4) is 0 Å². The molecule has 0 aliphatic heterocycles. The zero-order chi connectivity index (χ0) is 16.7. The standard InChI is InChI=1S/C19H23BrN2O/c1-3-22(4-2)18(16-10-6-5-7-11-16)19(23)21-14-15-9-8-12-17(20)13-15/h5-13,18H,3-4,14H2,1-2H3,(H,21,23). The van der Waals surface area contributed by atoms with Crippen LogP contribution in [0.5, 0.6) is 0 Å². The second-order valence-corrected chi connectivity index (χ2v) is 6.30. The summed E-state index contributed by atoms with van der Waals surface area (Å²) in [7, 11) is 0. The summed E-state index contributed by atoms with van der Waals surface area (Å²) in [6.07, 6.45) is 0. The van der Waals surface area contributed by atoms with Crippen LogP contribution in [0.1, 0.15) is 31.0 Å². The SMILES string of the molecule is CCN(CC)C(C(=O)NCc1cccc(Br)c1)c1ccccc1. The molecular formula is C19H23BrN2O. The predicted molar refractivity (Wildman–Crippen MR) is 98.1 cm³/mol. The molecule has 0 radical (unpaired) electrons. The molecule has 0 saturated carbocycles. The van der Waals surface area contributed by atoms with Crippen LogP contribution in [0.15, 0.2) is 59.1 Å². The van der Waals surface area contributed by atoms with Gasteiger partial charge >= 0.3 is 0 Å². The first kappa shape index (κ1) is 17.7. The predicted octanol–water partition coefficient (Wildman–Crippen LogP) is 4.15. The van der Waals surface area contributed by atoms with Gasteiger partial charge in [0, 0.05) is 11.0 Å². The Bertz CT molecular complexity index is 626. The second-order valence-electron chi connectivity index (χ2n) is 5.38. The number of halogens is 1. The van der Waals surface area contributed by atoms with E-state index in [2.05, 4.69) is 40.0 Å². The molecule has 0 fully saturated rings. The van der Waals surface area contributed by atoms with Crippen molar-refractivity contribution in [2.45, 2.75) is 26.4 Å². The number of likely N-dealkylation sites (N-methyl/N-ethyl adjacent to an activating group) is 1. The molecule has 122 valence electrons. The fourth-order valence-corrected chi connectivity index (χ4v) is 3.13. The Morgan fingerprint density at radius 2 is 1.78 bits per heavy atom. The first-order valence-corrected chi connectivity index (χ1v) is 8.76. The summed E-state index contributed by atoms with van der Waals surface area (Å²) < 4.78 is 1.02. The molecule has 0 bridgehead atoms. The van der Waals surface area contributed by atoms with Crippen LogP contribution in [-0.4, -0.2) is 23.9 Å². The molecule has 0 aromatic heterocycles. The van der Waals surface area contributed by atoms with Gasteiger partial charge in [-0.3, -0.25) is 9.69 Å². The largest absolute Gasteiger partial charge is 0.350 e. The van der Waals surface area contributed by atoms with Gasteiger partial charge in [0.15, 0.2) is 0 Å². The minimum atomic E-state index is -0.252. The first-order chi connectivity index (χ1) is 11.2. The van der Waals surface area contributed by atoms with Crippen molar-refractivity contribution in [2.75, 3.05) is 13.1 Å². The molecule has 0 heterocycles. The van der Waals surface area contributed by atoms with E-state index in [9.17, 15) is 4.79 Å². The lowest BCUT2D eigenvalue weighted by Crippen LogP contribution is -2.40. The zero-order valence-electron chi connectivity index (χ0n) is 13.6. The van der Waals surface area contributed by atoms with Gasteiger partial charge in [0.1, 0.15) is 6.04 Å². The minimum Gasteiger partial charge on any atom is -0.350 e. The zero-order valence-corrected chi connectivity index (χ0v) is 15.2. The van der Waals surface area contributed by atoms with E-state index in [0.717, 1.165) is 28.7 Å². The number of hydrogen-bond donors (Lipinski definition) is 1. The van der Waals surface area contributed by atoms with Crippen LogP contribution in [0.2, 0.25) is 0 Å². The number of amides is 1. The van der Waals surface area contributed by atoms with Crippen molar-refractivity contribution in [2.24, 2.45) is 0 Å². The van der Waals surface area contributed by atoms with Crippen molar-refractivity contribution in [1.29, 1.82) is 0 Å². The topological polar surface area (TPSA) is 32.3 Å². The van der Waals surface area contributed by atoms with E-state index in [1.54, 1.807) is 0 Å². The van der Waals surface area contributed by atoms with Gasteiger partial charge < -0.3 is 5.32 Å². The maximum atomic E-state index is 12.8. The van der Waals surface area contributed by atoms with E-state index < -0.39 is 0 Å². The molecule has 1 atom stereocenters. The van der Waals surface area contributed by atoms with E-state index in [1.165, 1.54) is 0 Å². The van der Waals surface area contributed by atoms with E-state index in [-0.39, 0.29) is 11.9 Å². The van der Waals surface area contributed by atoms with Crippen molar-refractivity contribution < 1.29 is 4.79 Å². The molecule has 2 rings (SSSR count). The molecule has 23 heavy (non-hydrogen) atoms. The van der Waals surface area contributed by atoms with Gasteiger partial charge in [0.2, 0.25) is 5.91 Å². The summed E-state index contributed by atoms with van der Waals surface area (Å²) in [5.41, 5.74) is 2.11. The summed E-state index contributed by atoms with van der Waals surface area (Å²) in [6, 6.07) is 17.7. The maximum absolute atomic E-state index is 12.8. The molecular weight excluding hydrogens is 352 g/mol. The van der Waals surface area contributed by atoms with Gasteiger partial charge in [0.05, 0.1) is 0 Å². The van der Waals surface area contributed by atoms with Crippen LogP contribution in [-0.2, 0) is 11.3 Å². The third-order valence-corrected chi connectivity index (χ3v) is 4.39. The van der Waals surface area contributed by atoms with Crippen LogP contribution in [0, 0.1) is 0 Å². The lowest BCUT2D eigenvalue weighted by Gasteiger charge is -2.29. The Morgan fingerprint density at radius 1 is 1.09 bits per heavy atom. The summed E-state index contributed by atoms with van der Waals surface area (Å²) in [5, 5.41) is 3.07. The number of benzene rings is 2. The van der Waals surface area contributed by atoms with Crippen LogP contribution < -0.4 is 5.32 Å². The average Bonchev–Trinajstić information content (AvgIpc) is 2.58. The lowest BCUT2D eigenvalue weighted by molar-refractivity contribution is -0.126. The number of nitrogens with zero attached hydrogens (tertiary/aromatic N) is 1. The van der Waals surface area contributed by atoms with Gasteiger partial charge in [-0.15, -0.1) is 0 Å². The van der Waals surface area contributed by atoms with Crippen LogP contribution >= 0.6 is 15.9 Å². The summed E-state index contributed by atoms with van der Waals surface area (Å²) in [5.74, 6) is 0.0416. The van der Waals surface area contributed by atoms with Crippen molar-refractivity contribution in [1.82, 2.24) is 10.2 Å². The van der Waals surface area contributed by atoms with E-state index >= 15 is 0 Å². The third-order valence-electron chi connectivity index (χ3n) is 3.90. The molecule has 1 N–H and O–H groups in total.